The van der Waals surface area contributed by atoms with Crippen LogP contribution in [0.1, 0.15) is 10.4 Å². The predicted octanol–water partition coefficient (Wildman–Crippen LogP) is 4.12. The third-order valence-electron chi connectivity index (χ3n) is 6.26. The van der Waals surface area contributed by atoms with Gasteiger partial charge in [0.15, 0.2) is 5.82 Å². The lowest BCUT2D eigenvalue weighted by Crippen LogP contribution is -2.48. The van der Waals surface area contributed by atoms with E-state index >= 15 is 0 Å². The van der Waals surface area contributed by atoms with Crippen molar-refractivity contribution >= 4 is 39.8 Å². The standard InChI is InChI=1S/C26H22FN7O/c27-19-8-10-21(11-9-19)32-12-14-33(15-13-32)26(35)18-4-3-5-20(16-18)29-24-25-31-28-17-34(25)23-7-2-1-6-22(23)30-24/h1-11,16-17H,12-15H2,(H,29,30). The molecule has 8 nitrogen and oxygen atoms in total. The van der Waals surface area contributed by atoms with Crippen LogP contribution in [0.3, 0.4) is 0 Å². The largest absolute Gasteiger partial charge is 0.368 e. The first-order valence-corrected chi connectivity index (χ1v) is 11.4. The van der Waals surface area contributed by atoms with E-state index in [1.165, 1.54) is 12.1 Å². The van der Waals surface area contributed by atoms with Crippen LogP contribution < -0.4 is 10.2 Å². The van der Waals surface area contributed by atoms with Gasteiger partial charge in [-0.15, -0.1) is 10.2 Å². The van der Waals surface area contributed by atoms with Crippen molar-refractivity contribution in [1.29, 1.82) is 0 Å². The quantitative estimate of drug-likeness (QED) is 0.428. The van der Waals surface area contributed by atoms with Crippen LogP contribution in [0.25, 0.3) is 16.7 Å². The lowest BCUT2D eigenvalue weighted by molar-refractivity contribution is 0.0747. The highest BCUT2D eigenvalue weighted by atomic mass is 19.1. The Morgan fingerprint density at radius 2 is 1.71 bits per heavy atom. The topological polar surface area (TPSA) is 78.7 Å². The molecule has 0 aliphatic carbocycles. The van der Waals surface area contributed by atoms with Crippen LogP contribution in [-0.4, -0.2) is 56.6 Å². The summed E-state index contributed by atoms with van der Waals surface area (Å²) < 4.78 is 15.1. The molecule has 0 spiro atoms. The smallest absolute Gasteiger partial charge is 0.254 e. The van der Waals surface area contributed by atoms with Gasteiger partial charge in [-0.1, -0.05) is 18.2 Å². The molecular formula is C26H22FN7O. The Balaban J connectivity index is 1.20. The maximum absolute atomic E-state index is 13.2. The zero-order valence-electron chi connectivity index (χ0n) is 18.8. The van der Waals surface area contributed by atoms with Crippen LogP contribution in [0, 0.1) is 5.82 Å². The summed E-state index contributed by atoms with van der Waals surface area (Å²) in [7, 11) is 0. The molecule has 1 fully saturated rings. The number of carbonyl (C=O) groups excluding carboxylic acids is 1. The second-order valence-electron chi connectivity index (χ2n) is 8.44. The van der Waals surface area contributed by atoms with E-state index in [1.54, 1.807) is 18.5 Å². The first-order chi connectivity index (χ1) is 17.2. The summed E-state index contributed by atoms with van der Waals surface area (Å²) in [5.74, 6) is 0.296. The zero-order chi connectivity index (χ0) is 23.8. The van der Waals surface area contributed by atoms with Gasteiger partial charge in [0.25, 0.3) is 5.91 Å². The van der Waals surface area contributed by atoms with E-state index in [0.29, 0.717) is 43.2 Å². The van der Waals surface area contributed by atoms with Crippen LogP contribution >= 0.6 is 0 Å². The Bertz CT molecular complexity index is 1520. The number of piperazine rings is 1. The minimum atomic E-state index is -0.250. The molecule has 0 bridgehead atoms. The Morgan fingerprint density at radius 1 is 0.914 bits per heavy atom. The number of halogens is 1. The maximum Gasteiger partial charge on any atom is 0.254 e. The number of rotatable bonds is 4. The maximum atomic E-state index is 13.2. The van der Waals surface area contributed by atoms with E-state index in [4.69, 9.17) is 4.98 Å². The highest BCUT2D eigenvalue weighted by Gasteiger charge is 2.23. The Morgan fingerprint density at radius 3 is 2.54 bits per heavy atom. The molecule has 35 heavy (non-hydrogen) atoms. The summed E-state index contributed by atoms with van der Waals surface area (Å²) in [4.78, 5) is 22.0. The fourth-order valence-corrected chi connectivity index (χ4v) is 4.46. The monoisotopic (exact) mass is 467 g/mol. The summed E-state index contributed by atoms with van der Waals surface area (Å²) in [5, 5.41) is 11.6. The average Bonchev–Trinajstić information content (AvgIpc) is 3.40. The molecule has 6 rings (SSSR count). The van der Waals surface area contributed by atoms with Crippen LogP contribution in [0.5, 0.6) is 0 Å². The number of benzene rings is 3. The highest BCUT2D eigenvalue weighted by Crippen LogP contribution is 2.24. The summed E-state index contributed by atoms with van der Waals surface area (Å²) in [5.41, 5.74) is 4.65. The van der Waals surface area contributed by atoms with Gasteiger partial charge >= 0.3 is 0 Å². The first-order valence-electron chi connectivity index (χ1n) is 11.4. The van der Waals surface area contributed by atoms with Gasteiger partial charge in [-0.2, -0.15) is 0 Å². The molecule has 5 aromatic rings. The number of carbonyl (C=O) groups is 1. The van der Waals surface area contributed by atoms with Gasteiger partial charge < -0.3 is 15.1 Å². The fourth-order valence-electron chi connectivity index (χ4n) is 4.46. The van der Waals surface area contributed by atoms with Gasteiger partial charge in [-0.05, 0) is 54.6 Å². The Hall–Kier alpha value is -4.53. The SMILES string of the molecule is O=C(c1cccc(Nc2nc3ccccc3n3cnnc23)c1)N1CCN(c2ccc(F)cc2)CC1. The van der Waals surface area contributed by atoms with Crippen molar-refractivity contribution < 1.29 is 9.18 Å². The summed E-state index contributed by atoms with van der Waals surface area (Å²) in [6.07, 6.45) is 1.66. The number of nitrogens with zero attached hydrogens (tertiary/aromatic N) is 6. The lowest BCUT2D eigenvalue weighted by atomic mass is 10.1. The molecule has 0 saturated carbocycles. The number of hydrogen-bond donors (Lipinski definition) is 1. The third-order valence-corrected chi connectivity index (χ3v) is 6.26. The van der Waals surface area contributed by atoms with E-state index in [2.05, 4.69) is 20.4 Å². The fraction of sp³-hybridized carbons (Fsp3) is 0.154. The van der Waals surface area contributed by atoms with Gasteiger partial charge in [0, 0.05) is 43.1 Å². The molecule has 3 heterocycles. The molecule has 1 amide bonds. The number of anilines is 3. The van der Waals surface area contributed by atoms with Crippen LogP contribution in [0.2, 0.25) is 0 Å². The third kappa shape index (κ3) is 4.01. The van der Waals surface area contributed by atoms with Crippen molar-refractivity contribution in [3.63, 3.8) is 0 Å². The molecule has 1 saturated heterocycles. The van der Waals surface area contributed by atoms with Gasteiger partial charge in [-0.25, -0.2) is 9.37 Å². The van der Waals surface area contributed by atoms with Crippen molar-refractivity contribution in [2.24, 2.45) is 0 Å². The Kier molecular flexibility index (Phi) is 5.21. The average molecular weight is 468 g/mol. The molecule has 1 aliphatic rings. The molecule has 3 aromatic carbocycles. The van der Waals surface area contributed by atoms with E-state index in [-0.39, 0.29) is 11.7 Å². The number of aromatic nitrogens is 4. The minimum absolute atomic E-state index is 0.0218. The molecule has 0 atom stereocenters. The summed E-state index contributed by atoms with van der Waals surface area (Å²) >= 11 is 0. The number of amides is 1. The van der Waals surface area contributed by atoms with Gasteiger partial charge in [0.05, 0.1) is 11.0 Å². The number of para-hydroxylation sites is 2. The Labute approximate surface area is 200 Å². The second kappa shape index (κ2) is 8.68. The second-order valence-corrected chi connectivity index (χ2v) is 8.44. The van der Waals surface area contributed by atoms with E-state index < -0.39 is 0 Å². The van der Waals surface area contributed by atoms with E-state index in [0.717, 1.165) is 22.4 Å². The molecule has 2 aromatic heterocycles. The minimum Gasteiger partial charge on any atom is -0.368 e. The van der Waals surface area contributed by atoms with Crippen LogP contribution in [0.4, 0.5) is 21.6 Å². The zero-order valence-corrected chi connectivity index (χ0v) is 18.8. The summed E-state index contributed by atoms with van der Waals surface area (Å²) in [6, 6.07) is 21.7. The normalized spacial score (nSPS) is 14.0. The molecule has 174 valence electrons. The number of nitrogens with one attached hydrogen (secondary N) is 1. The van der Waals surface area contributed by atoms with Crippen molar-refractivity contribution in [3.8, 4) is 0 Å². The van der Waals surface area contributed by atoms with Crippen molar-refractivity contribution in [3.05, 3.63) is 90.5 Å². The molecule has 0 unspecified atom stereocenters. The molecule has 9 heteroatoms. The lowest BCUT2D eigenvalue weighted by Gasteiger charge is -2.36. The van der Waals surface area contributed by atoms with E-state index in [1.807, 2.05) is 57.8 Å². The summed E-state index contributed by atoms with van der Waals surface area (Å²) in [6.45, 7) is 2.59. The van der Waals surface area contributed by atoms with E-state index in [9.17, 15) is 9.18 Å². The molecular weight excluding hydrogens is 445 g/mol. The van der Waals surface area contributed by atoms with Gasteiger partial charge in [-0.3, -0.25) is 9.20 Å². The number of fused-ring (bicyclic) bond motifs is 3. The molecule has 0 radical (unpaired) electrons. The predicted molar refractivity (Wildman–Crippen MR) is 133 cm³/mol. The van der Waals surface area contributed by atoms with Crippen molar-refractivity contribution in [2.75, 3.05) is 36.4 Å². The molecule has 1 aliphatic heterocycles. The van der Waals surface area contributed by atoms with Gasteiger partial charge in [0.2, 0.25) is 5.65 Å². The van der Waals surface area contributed by atoms with Gasteiger partial charge in [0.1, 0.15) is 12.1 Å². The van der Waals surface area contributed by atoms with Crippen molar-refractivity contribution in [2.45, 2.75) is 0 Å². The van der Waals surface area contributed by atoms with Crippen LogP contribution in [0.15, 0.2) is 79.1 Å². The van der Waals surface area contributed by atoms with Crippen molar-refractivity contribution in [1.82, 2.24) is 24.5 Å². The molecule has 1 N–H and O–H groups in total. The number of hydrogen-bond acceptors (Lipinski definition) is 6. The first kappa shape index (κ1) is 21.0. The highest BCUT2D eigenvalue weighted by molar-refractivity contribution is 5.95. The van der Waals surface area contributed by atoms with Crippen LogP contribution in [-0.2, 0) is 0 Å².